The number of hydrogen-bond donors (Lipinski definition) is 3. The van der Waals surface area contributed by atoms with Crippen LogP contribution in [0.15, 0.2) is 48.5 Å². The summed E-state index contributed by atoms with van der Waals surface area (Å²) in [6, 6.07) is 14.5. The Balaban J connectivity index is 2.58. The first-order chi connectivity index (χ1) is 18.6. The summed E-state index contributed by atoms with van der Waals surface area (Å²) in [5, 5.41) is 12.3. The molecule has 3 unspecified atom stereocenters. The highest BCUT2D eigenvalue weighted by atomic mass is 31.2. The lowest BCUT2D eigenvalue weighted by molar-refractivity contribution is -0.0658. The Hall–Kier alpha value is -1.97. The molecule has 0 amide bonds. The Morgan fingerprint density at radius 3 is 1.90 bits per heavy atom. The zero-order valence-electron chi connectivity index (χ0n) is 25.5. The van der Waals surface area contributed by atoms with Crippen LogP contribution in [0.1, 0.15) is 51.2 Å². The standard InChI is InChI=1S/C30H49N2O7P/c1-10-30(39-40(34,35)36,25-14-12-16-27(20-25)38-9)23(3)28(32(6)7)17-18-29(33,22(2)21-31(4)5)24-13-11-15-26(19-24)37-8/h11-16,19-20,22-23,28,33H,10,17-18,21H2,1-9H3,(H2,34,35,36)/t22-,23?,28?,29-,30?/m1/s1. The molecule has 0 spiro atoms. The minimum Gasteiger partial charge on any atom is -0.497 e. The van der Waals surface area contributed by atoms with E-state index in [1.54, 1.807) is 32.4 Å². The number of ether oxygens (including phenoxy) is 2. The molecule has 2 aromatic carbocycles. The van der Waals surface area contributed by atoms with Crippen LogP contribution in [0.25, 0.3) is 0 Å². The molecule has 0 bridgehead atoms. The van der Waals surface area contributed by atoms with Gasteiger partial charge < -0.3 is 34.2 Å². The molecule has 0 aliphatic heterocycles. The first-order valence-electron chi connectivity index (χ1n) is 13.7. The van der Waals surface area contributed by atoms with E-state index in [1.807, 2.05) is 84.2 Å². The maximum Gasteiger partial charge on any atom is 0.470 e. The molecular weight excluding hydrogens is 531 g/mol. The second kappa shape index (κ2) is 14.3. The van der Waals surface area contributed by atoms with E-state index in [1.165, 1.54) is 0 Å². The topological polar surface area (TPSA) is 112 Å². The van der Waals surface area contributed by atoms with Crippen LogP contribution in [0.3, 0.4) is 0 Å². The highest BCUT2D eigenvalue weighted by Crippen LogP contribution is 2.53. The van der Waals surface area contributed by atoms with Crippen LogP contribution in [0.2, 0.25) is 0 Å². The first kappa shape index (κ1) is 34.2. The highest BCUT2D eigenvalue weighted by Gasteiger charge is 2.47. The van der Waals surface area contributed by atoms with E-state index in [-0.39, 0.29) is 17.9 Å². The largest absolute Gasteiger partial charge is 0.497 e. The van der Waals surface area contributed by atoms with Gasteiger partial charge in [-0.3, -0.25) is 4.52 Å². The van der Waals surface area contributed by atoms with Crippen molar-refractivity contribution < 1.29 is 33.5 Å². The summed E-state index contributed by atoms with van der Waals surface area (Å²) in [4.78, 5) is 24.2. The molecule has 2 rings (SSSR count). The number of phosphoric acid groups is 1. The van der Waals surface area contributed by atoms with Crippen molar-refractivity contribution in [3.05, 3.63) is 59.7 Å². The molecule has 5 atom stereocenters. The first-order valence-corrected chi connectivity index (χ1v) is 15.3. The SMILES string of the molecule is CCC(OP(=O)(O)O)(c1cccc(OC)c1)C(C)C(CC[C@](O)(c1cccc(OC)c1)[C@H](C)CN(C)C)N(C)C. The van der Waals surface area contributed by atoms with Gasteiger partial charge in [0.15, 0.2) is 0 Å². The Kier molecular flexibility index (Phi) is 12.2. The predicted octanol–water partition coefficient (Wildman–Crippen LogP) is 4.85. The maximum atomic E-state index is 12.4. The second-order valence-corrected chi connectivity index (χ2v) is 12.4. The van der Waals surface area contributed by atoms with Crippen LogP contribution in [-0.4, -0.2) is 79.7 Å². The van der Waals surface area contributed by atoms with Crippen LogP contribution < -0.4 is 9.47 Å². The van der Waals surface area contributed by atoms with Crippen molar-refractivity contribution in [1.82, 2.24) is 9.80 Å². The smallest absolute Gasteiger partial charge is 0.470 e. The summed E-state index contributed by atoms with van der Waals surface area (Å²) in [5.74, 6) is 0.742. The van der Waals surface area contributed by atoms with Crippen LogP contribution in [0.5, 0.6) is 11.5 Å². The molecule has 0 fully saturated rings. The third-order valence-corrected chi connectivity index (χ3v) is 8.75. The summed E-state index contributed by atoms with van der Waals surface area (Å²) >= 11 is 0. The molecule has 10 heteroatoms. The van der Waals surface area contributed by atoms with Crippen LogP contribution >= 0.6 is 7.82 Å². The van der Waals surface area contributed by atoms with Gasteiger partial charge in [-0.15, -0.1) is 0 Å². The molecule has 3 N–H and O–H groups in total. The Labute approximate surface area is 240 Å². The van der Waals surface area contributed by atoms with Crippen LogP contribution in [0, 0.1) is 11.8 Å². The molecular formula is C30H49N2O7P. The van der Waals surface area contributed by atoms with Crippen molar-refractivity contribution in [3.8, 4) is 11.5 Å². The third-order valence-electron chi connectivity index (χ3n) is 8.19. The van der Waals surface area contributed by atoms with E-state index in [9.17, 15) is 19.5 Å². The molecule has 0 aromatic heterocycles. The number of methoxy groups -OCH3 is 2. The van der Waals surface area contributed by atoms with E-state index in [4.69, 9.17) is 14.0 Å². The molecule has 0 aliphatic rings. The second-order valence-electron chi connectivity index (χ2n) is 11.2. The fraction of sp³-hybridized carbons (Fsp3) is 0.600. The average molecular weight is 581 g/mol. The monoisotopic (exact) mass is 580 g/mol. The minimum absolute atomic E-state index is 0.117. The van der Waals surface area contributed by atoms with Gasteiger partial charge in [-0.05, 0) is 82.8 Å². The number of hydrogen-bond acceptors (Lipinski definition) is 7. The van der Waals surface area contributed by atoms with Crippen molar-refractivity contribution >= 4 is 7.82 Å². The van der Waals surface area contributed by atoms with E-state index < -0.39 is 19.0 Å². The number of nitrogens with zero attached hydrogens (tertiary/aromatic N) is 2. The summed E-state index contributed by atoms with van der Waals surface area (Å²) in [5.41, 5.74) is -1.10. The quantitative estimate of drug-likeness (QED) is 0.240. The summed E-state index contributed by atoms with van der Waals surface area (Å²) in [6.45, 7) is 6.53. The lowest BCUT2D eigenvalue weighted by Gasteiger charge is -2.45. The number of rotatable bonds is 16. The van der Waals surface area contributed by atoms with E-state index in [0.717, 1.165) is 5.56 Å². The zero-order valence-corrected chi connectivity index (χ0v) is 26.4. The van der Waals surface area contributed by atoms with Gasteiger partial charge in [-0.2, -0.15) is 0 Å². The summed E-state index contributed by atoms with van der Waals surface area (Å²) in [6.07, 6.45) is 1.26. The number of benzene rings is 2. The molecule has 0 heterocycles. The Morgan fingerprint density at radius 1 is 0.925 bits per heavy atom. The maximum absolute atomic E-state index is 12.4. The van der Waals surface area contributed by atoms with Gasteiger partial charge in [0, 0.05) is 24.4 Å². The van der Waals surface area contributed by atoms with Gasteiger partial charge in [0.1, 0.15) is 17.1 Å². The Morgan fingerprint density at radius 2 is 1.45 bits per heavy atom. The highest BCUT2D eigenvalue weighted by molar-refractivity contribution is 7.46. The van der Waals surface area contributed by atoms with Gasteiger partial charge in [0.2, 0.25) is 0 Å². The van der Waals surface area contributed by atoms with Gasteiger partial charge in [0.05, 0.1) is 19.8 Å². The molecule has 0 radical (unpaired) electrons. The van der Waals surface area contributed by atoms with Crippen molar-refractivity contribution in [2.75, 3.05) is 49.0 Å². The molecule has 0 saturated carbocycles. The van der Waals surface area contributed by atoms with E-state index in [2.05, 4.69) is 4.90 Å². The van der Waals surface area contributed by atoms with Crippen LogP contribution in [0.4, 0.5) is 0 Å². The lowest BCUT2D eigenvalue weighted by Crippen LogP contribution is -2.48. The minimum atomic E-state index is -4.88. The van der Waals surface area contributed by atoms with Gasteiger partial charge in [-0.1, -0.05) is 45.0 Å². The summed E-state index contributed by atoms with van der Waals surface area (Å²) in [7, 11) is 6.12. The molecule has 40 heavy (non-hydrogen) atoms. The molecule has 0 saturated heterocycles. The average Bonchev–Trinajstić information content (AvgIpc) is 2.90. The lowest BCUT2D eigenvalue weighted by atomic mass is 9.72. The fourth-order valence-corrected chi connectivity index (χ4v) is 6.81. The third kappa shape index (κ3) is 8.29. The molecule has 0 aliphatic carbocycles. The van der Waals surface area contributed by atoms with Crippen molar-refractivity contribution in [2.24, 2.45) is 11.8 Å². The van der Waals surface area contributed by atoms with Crippen molar-refractivity contribution in [2.45, 2.75) is 57.3 Å². The molecule has 9 nitrogen and oxygen atoms in total. The number of aliphatic hydroxyl groups is 1. The molecule has 2 aromatic rings. The van der Waals surface area contributed by atoms with Gasteiger partial charge in [-0.25, -0.2) is 4.57 Å². The van der Waals surface area contributed by atoms with Gasteiger partial charge >= 0.3 is 7.82 Å². The zero-order chi connectivity index (χ0) is 30.3. The predicted molar refractivity (Wildman–Crippen MR) is 159 cm³/mol. The molecule has 226 valence electrons. The summed E-state index contributed by atoms with van der Waals surface area (Å²) < 4.78 is 28.9. The van der Waals surface area contributed by atoms with Gasteiger partial charge in [0.25, 0.3) is 0 Å². The van der Waals surface area contributed by atoms with Crippen LogP contribution in [-0.2, 0) is 20.3 Å². The Bertz CT molecular complexity index is 1120. The van der Waals surface area contributed by atoms with E-state index >= 15 is 0 Å². The fourth-order valence-electron chi connectivity index (χ4n) is 5.99. The number of phosphoric ester groups is 1. The van der Waals surface area contributed by atoms with Crippen molar-refractivity contribution in [1.29, 1.82) is 0 Å². The normalized spacial score (nSPS) is 17.6. The van der Waals surface area contributed by atoms with Crippen molar-refractivity contribution in [3.63, 3.8) is 0 Å². The van der Waals surface area contributed by atoms with E-state index in [0.29, 0.717) is 42.9 Å².